The number of nitrogens with zero attached hydrogens (tertiary/aromatic N) is 1. The van der Waals surface area contributed by atoms with E-state index in [2.05, 4.69) is 5.32 Å². The third-order valence-electron chi connectivity index (χ3n) is 3.00. The highest BCUT2D eigenvalue weighted by molar-refractivity contribution is 5.88. The number of rotatable bonds is 4. The minimum atomic E-state index is -0.300. The lowest BCUT2D eigenvalue weighted by atomic mass is 9.91. The summed E-state index contributed by atoms with van der Waals surface area (Å²) < 4.78 is 0. The molecule has 5 nitrogen and oxygen atoms in total. The summed E-state index contributed by atoms with van der Waals surface area (Å²) >= 11 is 0. The second-order valence-electron chi connectivity index (χ2n) is 6.06. The highest BCUT2D eigenvalue weighted by Gasteiger charge is 2.34. The Bertz CT molecular complexity index is 316. The highest BCUT2D eigenvalue weighted by Crippen LogP contribution is 2.24. The molecular weight excluding hydrogens is 266 g/mol. The van der Waals surface area contributed by atoms with Gasteiger partial charge in [-0.3, -0.25) is 9.59 Å². The Morgan fingerprint density at radius 2 is 2.00 bits per heavy atom. The third kappa shape index (κ3) is 5.78. The molecule has 0 aromatic rings. The number of halogens is 1. The molecule has 0 spiro atoms. The van der Waals surface area contributed by atoms with E-state index < -0.39 is 0 Å². The molecule has 1 aliphatic rings. The number of hydrogen-bond donors (Lipinski definition) is 2. The molecule has 0 radical (unpaired) electrons. The Morgan fingerprint density at radius 1 is 1.37 bits per heavy atom. The normalized spacial score (nSPS) is 18.9. The Labute approximate surface area is 121 Å². The van der Waals surface area contributed by atoms with E-state index in [1.165, 1.54) is 0 Å². The van der Waals surface area contributed by atoms with Gasteiger partial charge < -0.3 is 16.0 Å². The zero-order valence-corrected chi connectivity index (χ0v) is 12.9. The molecular formula is C13H26ClN3O2. The minimum Gasteiger partial charge on any atom is -0.353 e. The summed E-state index contributed by atoms with van der Waals surface area (Å²) in [7, 11) is 0. The van der Waals surface area contributed by atoms with Crippen LogP contribution in [-0.2, 0) is 9.59 Å². The molecule has 1 atom stereocenters. The van der Waals surface area contributed by atoms with Crippen molar-refractivity contribution in [1.29, 1.82) is 0 Å². The Hall–Kier alpha value is -0.810. The van der Waals surface area contributed by atoms with Gasteiger partial charge in [0.2, 0.25) is 11.8 Å². The van der Waals surface area contributed by atoms with Crippen molar-refractivity contribution in [1.82, 2.24) is 10.2 Å². The number of nitrogens with one attached hydrogen (secondary N) is 1. The van der Waals surface area contributed by atoms with Gasteiger partial charge in [-0.1, -0.05) is 20.8 Å². The second kappa shape index (κ2) is 7.70. The third-order valence-corrected chi connectivity index (χ3v) is 3.00. The monoisotopic (exact) mass is 291 g/mol. The molecule has 0 saturated carbocycles. The number of amides is 2. The van der Waals surface area contributed by atoms with Gasteiger partial charge in [-0.25, -0.2) is 0 Å². The van der Waals surface area contributed by atoms with Crippen LogP contribution in [0.2, 0.25) is 0 Å². The van der Waals surface area contributed by atoms with Crippen molar-refractivity contribution in [3.8, 4) is 0 Å². The quantitative estimate of drug-likeness (QED) is 0.808. The molecule has 2 amide bonds. The molecule has 3 N–H and O–H groups in total. The van der Waals surface area contributed by atoms with Crippen molar-refractivity contribution in [2.45, 2.75) is 46.1 Å². The smallest absolute Gasteiger partial charge is 0.242 e. The minimum absolute atomic E-state index is 0. The standard InChI is InChI=1S/C13H25N3O2.ClH/c1-13(2,3)9-11(17)16-8-4-5-10(16)12(18)15-7-6-14;/h10H,4-9,14H2,1-3H3,(H,15,18);1H. The van der Waals surface area contributed by atoms with E-state index >= 15 is 0 Å². The van der Waals surface area contributed by atoms with Crippen LogP contribution in [0, 0.1) is 5.41 Å². The molecule has 1 fully saturated rings. The molecule has 0 aromatic carbocycles. The SMILES string of the molecule is CC(C)(C)CC(=O)N1CCCC1C(=O)NCCN.Cl. The van der Waals surface area contributed by atoms with Crippen LogP contribution in [0.3, 0.4) is 0 Å². The summed E-state index contributed by atoms with van der Waals surface area (Å²) in [6.45, 7) is 7.68. The first-order valence-corrected chi connectivity index (χ1v) is 6.62. The van der Waals surface area contributed by atoms with E-state index in [4.69, 9.17) is 5.73 Å². The van der Waals surface area contributed by atoms with Crippen molar-refractivity contribution >= 4 is 24.2 Å². The van der Waals surface area contributed by atoms with Crippen molar-refractivity contribution in [3.05, 3.63) is 0 Å². The Morgan fingerprint density at radius 3 is 2.53 bits per heavy atom. The summed E-state index contributed by atoms with van der Waals surface area (Å²) in [4.78, 5) is 25.8. The fraction of sp³-hybridized carbons (Fsp3) is 0.846. The maximum atomic E-state index is 12.2. The molecule has 1 saturated heterocycles. The van der Waals surface area contributed by atoms with Gasteiger partial charge in [0, 0.05) is 26.1 Å². The molecule has 0 aromatic heterocycles. The Kier molecular flexibility index (Phi) is 7.37. The zero-order valence-electron chi connectivity index (χ0n) is 12.1. The molecule has 1 unspecified atom stereocenters. The molecule has 1 rings (SSSR count). The predicted molar refractivity (Wildman–Crippen MR) is 78.1 cm³/mol. The largest absolute Gasteiger partial charge is 0.353 e. The van der Waals surface area contributed by atoms with Crippen molar-refractivity contribution in [2.75, 3.05) is 19.6 Å². The number of hydrogen-bond acceptors (Lipinski definition) is 3. The van der Waals surface area contributed by atoms with E-state index in [-0.39, 0.29) is 35.7 Å². The Balaban J connectivity index is 0.00000324. The van der Waals surface area contributed by atoms with Gasteiger partial charge in [0.05, 0.1) is 0 Å². The lowest BCUT2D eigenvalue weighted by molar-refractivity contribution is -0.139. The molecule has 6 heteroatoms. The van der Waals surface area contributed by atoms with E-state index in [1.807, 2.05) is 20.8 Å². The van der Waals surface area contributed by atoms with Gasteiger partial charge >= 0.3 is 0 Å². The van der Waals surface area contributed by atoms with E-state index in [9.17, 15) is 9.59 Å². The summed E-state index contributed by atoms with van der Waals surface area (Å²) in [6.07, 6.45) is 2.14. The molecule has 19 heavy (non-hydrogen) atoms. The summed E-state index contributed by atoms with van der Waals surface area (Å²) in [5.41, 5.74) is 5.31. The van der Waals surface area contributed by atoms with Gasteiger partial charge in [-0.15, -0.1) is 12.4 Å². The topological polar surface area (TPSA) is 75.4 Å². The van der Waals surface area contributed by atoms with E-state index in [0.717, 1.165) is 12.8 Å². The highest BCUT2D eigenvalue weighted by atomic mass is 35.5. The maximum absolute atomic E-state index is 12.2. The van der Waals surface area contributed by atoms with Gasteiger partial charge in [0.1, 0.15) is 6.04 Å². The molecule has 0 aliphatic carbocycles. The summed E-state index contributed by atoms with van der Waals surface area (Å²) in [5, 5.41) is 2.76. The van der Waals surface area contributed by atoms with Crippen LogP contribution >= 0.6 is 12.4 Å². The lowest BCUT2D eigenvalue weighted by Crippen LogP contribution is -2.47. The first-order chi connectivity index (χ1) is 8.35. The van der Waals surface area contributed by atoms with Crippen LogP contribution in [0.4, 0.5) is 0 Å². The van der Waals surface area contributed by atoms with E-state index in [1.54, 1.807) is 4.90 Å². The van der Waals surface area contributed by atoms with Crippen LogP contribution in [0.1, 0.15) is 40.0 Å². The van der Waals surface area contributed by atoms with Crippen LogP contribution in [-0.4, -0.2) is 42.4 Å². The van der Waals surface area contributed by atoms with Crippen LogP contribution in [0.15, 0.2) is 0 Å². The fourth-order valence-corrected chi connectivity index (χ4v) is 2.21. The average molecular weight is 292 g/mol. The van der Waals surface area contributed by atoms with Crippen LogP contribution in [0.25, 0.3) is 0 Å². The van der Waals surface area contributed by atoms with E-state index in [0.29, 0.717) is 26.1 Å². The predicted octanol–water partition coefficient (Wildman–Crippen LogP) is 0.910. The number of carbonyl (C=O) groups excluding carboxylic acids is 2. The van der Waals surface area contributed by atoms with Crippen molar-refractivity contribution < 1.29 is 9.59 Å². The second-order valence-corrected chi connectivity index (χ2v) is 6.06. The number of likely N-dealkylation sites (tertiary alicyclic amines) is 1. The van der Waals surface area contributed by atoms with Gasteiger partial charge in [0.15, 0.2) is 0 Å². The summed E-state index contributed by atoms with van der Waals surface area (Å²) in [6, 6.07) is -0.300. The van der Waals surface area contributed by atoms with Crippen LogP contribution in [0.5, 0.6) is 0 Å². The van der Waals surface area contributed by atoms with Crippen LogP contribution < -0.4 is 11.1 Å². The number of nitrogens with two attached hydrogens (primary N) is 1. The maximum Gasteiger partial charge on any atom is 0.242 e. The zero-order chi connectivity index (χ0) is 13.8. The number of carbonyl (C=O) groups is 2. The molecule has 112 valence electrons. The molecule has 1 aliphatic heterocycles. The van der Waals surface area contributed by atoms with Crippen molar-refractivity contribution in [3.63, 3.8) is 0 Å². The first kappa shape index (κ1) is 18.2. The average Bonchev–Trinajstić information content (AvgIpc) is 2.72. The van der Waals surface area contributed by atoms with Crippen molar-refractivity contribution in [2.24, 2.45) is 11.1 Å². The fourth-order valence-electron chi connectivity index (χ4n) is 2.21. The van der Waals surface area contributed by atoms with Gasteiger partial charge in [-0.2, -0.15) is 0 Å². The molecule has 1 heterocycles. The molecule has 0 bridgehead atoms. The summed E-state index contributed by atoms with van der Waals surface area (Å²) in [5.74, 6) is 0.00751. The van der Waals surface area contributed by atoms with Gasteiger partial charge in [0.25, 0.3) is 0 Å². The van der Waals surface area contributed by atoms with Gasteiger partial charge in [-0.05, 0) is 18.3 Å². The first-order valence-electron chi connectivity index (χ1n) is 6.62. The lowest BCUT2D eigenvalue weighted by Gasteiger charge is -2.27.